The maximum Gasteiger partial charge on any atom is 0.301 e. The van der Waals surface area contributed by atoms with Gasteiger partial charge in [0.25, 0.3) is 5.78 Å². The van der Waals surface area contributed by atoms with E-state index in [-0.39, 0.29) is 22.2 Å². The number of aromatic hydroxyl groups is 1. The van der Waals surface area contributed by atoms with Crippen molar-refractivity contribution in [3.63, 3.8) is 0 Å². The van der Waals surface area contributed by atoms with Gasteiger partial charge in [-0.15, -0.1) is 10.2 Å². The van der Waals surface area contributed by atoms with Crippen molar-refractivity contribution in [2.45, 2.75) is 29.7 Å². The third kappa shape index (κ3) is 6.44. The van der Waals surface area contributed by atoms with Crippen molar-refractivity contribution in [3.8, 4) is 11.5 Å². The van der Waals surface area contributed by atoms with Gasteiger partial charge in [0.05, 0.1) is 11.6 Å². The smallest absolute Gasteiger partial charge is 0.301 e. The number of carbonyl (C=O) groups excluding carboxylic acids is 2. The summed E-state index contributed by atoms with van der Waals surface area (Å²) >= 11 is 8.86. The lowest BCUT2D eigenvalue weighted by Gasteiger charge is -2.22. The van der Waals surface area contributed by atoms with Crippen LogP contribution in [0, 0.1) is 6.92 Å². The molecule has 1 aliphatic heterocycles. The van der Waals surface area contributed by atoms with Crippen molar-refractivity contribution >= 4 is 57.3 Å². The number of hydrogen-bond acceptors (Lipinski definition) is 9. The van der Waals surface area contributed by atoms with E-state index >= 15 is 0 Å². The second kappa shape index (κ2) is 13.2. The standard InChI is InChI=1S/C34H26ClN3O5S2/c1-20-6-2-3-7-23(20)18-43-26-16-12-22(13-17-26)30(40)28-29(21-10-14-25(39)15-11-21)38(32(42)31(28)41)33-36-37-34(45-33)44-19-24-8-4-5-9-27(24)35/h2-17,29,39-40H,18-19H2,1H3. The number of aryl methyl sites for hydroxylation is 1. The van der Waals surface area contributed by atoms with E-state index in [1.54, 1.807) is 36.4 Å². The lowest BCUT2D eigenvalue weighted by Crippen LogP contribution is -2.29. The molecule has 0 saturated carbocycles. The number of phenols is 1. The second-order valence-electron chi connectivity index (χ2n) is 10.2. The summed E-state index contributed by atoms with van der Waals surface area (Å²) in [7, 11) is 0. The number of aromatic nitrogens is 2. The van der Waals surface area contributed by atoms with Gasteiger partial charge in [0.1, 0.15) is 23.9 Å². The number of ether oxygens (including phenoxy) is 1. The molecular formula is C34H26ClN3O5S2. The van der Waals surface area contributed by atoms with Crippen molar-refractivity contribution in [3.05, 3.63) is 135 Å². The van der Waals surface area contributed by atoms with Crippen molar-refractivity contribution < 1.29 is 24.5 Å². The molecule has 1 unspecified atom stereocenters. The average molecular weight is 656 g/mol. The summed E-state index contributed by atoms with van der Waals surface area (Å²) in [6.07, 6.45) is 0. The van der Waals surface area contributed by atoms with Gasteiger partial charge in [0, 0.05) is 16.3 Å². The summed E-state index contributed by atoms with van der Waals surface area (Å²) in [5.41, 5.74) is 3.85. The highest BCUT2D eigenvalue weighted by Gasteiger charge is 2.48. The number of carbonyl (C=O) groups is 2. The van der Waals surface area contributed by atoms with Crippen molar-refractivity contribution in [1.82, 2.24) is 10.2 Å². The van der Waals surface area contributed by atoms with E-state index in [9.17, 15) is 19.8 Å². The Morgan fingerprint density at radius 3 is 2.33 bits per heavy atom. The number of phenolic OH excluding ortho intramolecular Hbond substituents is 1. The average Bonchev–Trinajstić information content (AvgIpc) is 3.62. The maximum absolute atomic E-state index is 13.5. The number of ketones is 1. The number of halogens is 1. The van der Waals surface area contributed by atoms with Crippen molar-refractivity contribution in [1.29, 1.82) is 0 Å². The number of aliphatic hydroxyl groups excluding tert-OH is 1. The van der Waals surface area contributed by atoms with Gasteiger partial charge in [-0.25, -0.2) is 0 Å². The number of Topliss-reactive ketones (excluding diaryl/α,β-unsaturated/α-hetero) is 1. The fraction of sp³-hybridized carbons (Fsp3) is 0.118. The number of benzene rings is 4. The van der Waals surface area contributed by atoms with E-state index in [1.807, 2.05) is 55.5 Å². The van der Waals surface area contributed by atoms with Gasteiger partial charge in [0.15, 0.2) is 4.34 Å². The molecule has 45 heavy (non-hydrogen) atoms. The Morgan fingerprint density at radius 1 is 0.933 bits per heavy atom. The van der Waals surface area contributed by atoms with E-state index in [0.717, 1.165) is 28.0 Å². The van der Waals surface area contributed by atoms with Gasteiger partial charge in [-0.05, 0) is 71.6 Å². The number of hydrogen-bond donors (Lipinski definition) is 2. The van der Waals surface area contributed by atoms with Gasteiger partial charge in [-0.2, -0.15) is 0 Å². The largest absolute Gasteiger partial charge is 0.508 e. The van der Waals surface area contributed by atoms with Gasteiger partial charge in [0.2, 0.25) is 5.13 Å². The molecule has 11 heteroatoms. The molecule has 226 valence electrons. The molecule has 6 rings (SSSR count). The van der Waals surface area contributed by atoms with Crippen LogP contribution in [0.1, 0.15) is 33.9 Å². The summed E-state index contributed by atoms with van der Waals surface area (Å²) in [5.74, 6) is -0.888. The lowest BCUT2D eigenvalue weighted by molar-refractivity contribution is -0.132. The number of rotatable bonds is 9. The minimum atomic E-state index is -1.00. The van der Waals surface area contributed by atoms with Crippen LogP contribution >= 0.6 is 34.7 Å². The predicted molar refractivity (Wildman–Crippen MR) is 176 cm³/mol. The topological polar surface area (TPSA) is 113 Å². The van der Waals surface area contributed by atoms with Gasteiger partial charge in [-0.1, -0.05) is 89.3 Å². The summed E-state index contributed by atoms with van der Waals surface area (Å²) < 4.78 is 6.51. The zero-order chi connectivity index (χ0) is 31.5. The molecule has 2 N–H and O–H groups in total. The molecule has 2 heterocycles. The first-order chi connectivity index (χ1) is 21.8. The van der Waals surface area contributed by atoms with E-state index in [0.29, 0.717) is 38.6 Å². The minimum Gasteiger partial charge on any atom is -0.508 e. The number of amides is 1. The van der Waals surface area contributed by atoms with Gasteiger partial charge < -0.3 is 14.9 Å². The molecule has 0 aliphatic carbocycles. The van der Waals surface area contributed by atoms with Crippen molar-refractivity contribution in [2.75, 3.05) is 4.90 Å². The highest BCUT2D eigenvalue weighted by atomic mass is 35.5. The number of thioether (sulfide) groups is 1. The number of aliphatic hydroxyl groups is 1. The van der Waals surface area contributed by atoms with Crippen LogP contribution in [-0.2, 0) is 21.9 Å². The van der Waals surface area contributed by atoms with E-state index in [2.05, 4.69) is 10.2 Å². The first kappa shape index (κ1) is 30.4. The Hall–Kier alpha value is -4.64. The summed E-state index contributed by atoms with van der Waals surface area (Å²) in [6.45, 7) is 2.40. The molecule has 8 nitrogen and oxygen atoms in total. The highest BCUT2D eigenvalue weighted by Crippen LogP contribution is 2.44. The molecule has 1 saturated heterocycles. The predicted octanol–water partition coefficient (Wildman–Crippen LogP) is 7.70. The number of anilines is 1. The van der Waals surface area contributed by atoms with E-state index in [4.69, 9.17) is 16.3 Å². The molecule has 1 aromatic heterocycles. The Kier molecular flexibility index (Phi) is 8.88. The first-order valence-electron chi connectivity index (χ1n) is 13.9. The summed E-state index contributed by atoms with van der Waals surface area (Å²) in [4.78, 5) is 28.3. The molecule has 1 aliphatic rings. The zero-order valence-corrected chi connectivity index (χ0v) is 26.3. The lowest BCUT2D eigenvalue weighted by atomic mass is 9.95. The van der Waals surface area contributed by atoms with Gasteiger partial charge >= 0.3 is 5.91 Å². The Balaban J connectivity index is 1.30. The Labute approximate surface area is 272 Å². The Bertz CT molecular complexity index is 1910. The van der Waals surface area contributed by atoms with Crippen LogP contribution in [0.25, 0.3) is 5.76 Å². The molecule has 0 spiro atoms. The molecule has 0 radical (unpaired) electrons. The normalized spacial score (nSPS) is 15.9. The quantitative estimate of drug-likeness (QED) is 0.0546. The minimum absolute atomic E-state index is 0.0196. The van der Waals surface area contributed by atoms with Crippen LogP contribution < -0.4 is 9.64 Å². The Morgan fingerprint density at radius 2 is 1.62 bits per heavy atom. The second-order valence-corrected chi connectivity index (χ2v) is 12.8. The van der Waals surface area contributed by atoms with Crippen LogP contribution in [0.3, 0.4) is 0 Å². The molecule has 0 bridgehead atoms. The molecule has 1 amide bonds. The van der Waals surface area contributed by atoms with Crippen molar-refractivity contribution in [2.24, 2.45) is 0 Å². The zero-order valence-electron chi connectivity index (χ0n) is 23.9. The third-order valence-electron chi connectivity index (χ3n) is 7.35. The molecule has 4 aromatic carbocycles. The van der Waals surface area contributed by atoms with E-state index < -0.39 is 17.7 Å². The fourth-order valence-corrected chi connectivity index (χ4v) is 7.07. The third-order valence-corrected chi connectivity index (χ3v) is 9.82. The number of nitrogens with zero attached hydrogens (tertiary/aromatic N) is 3. The van der Waals surface area contributed by atoms with Crippen LogP contribution in [0.5, 0.6) is 11.5 Å². The summed E-state index contributed by atoms with van der Waals surface area (Å²) in [5, 5.41) is 30.7. The van der Waals surface area contributed by atoms with Crippen LogP contribution in [0.2, 0.25) is 5.02 Å². The monoisotopic (exact) mass is 655 g/mol. The van der Waals surface area contributed by atoms with Crippen LogP contribution in [-0.4, -0.2) is 32.1 Å². The summed E-state index contributed by atoms with van der Waals surface area (Å²) in [6, 6.07) is 27.2. The fourth-order valence-electron chi connectivity index (χ4n) is 4.91. The molecule has 1 atom stereocenters. The SMILES string of the molecule is Cc1ccccc1COc1ccc(C(O)=C2C(=O)C(=O)N(c3nnc(SCc4ccccc4Cl)s3)C2c2ccc(O)cc2)cc1. The first-order valence-corrected chi connectivity index (χ1v) is 16.1. The van der Waals surface area contributed by atoms with Gasteiger partial charge in [-0.3, -0.25) is 14.5 Å². The van der Waals surface area contributed by atoms with Crippen LogP contribution in [0.4, 0.5) is 5.13 Å². The highest BCUT2D eigenvalue weighted by molar-refractivity contribution is 8.00. The van der Waals surface area contributed by atoms with Crippen LogP contribution in [0.15, 0.2) is 107 Å². The maximum atomic E-state index is 13.5. The van der Waals surface area contributed by atoms with E-state index in [1.165, 1.54) is 28.8 Å². The molecular weight excluding hydrogens is 630 g/mol. The molecule has 1 fully saturated rings. The molecule has 5 aromatic rings.